The molecule has 6 heteroatoms. The maximum absolute atomic E-state index is 13.0. The van der Waals surface area contributed by atoms with Gasteiger partial charge in [-0.1, -0.05) is 0 Å². The van der Waals surface area contributed by atoms with E-state index in [0.717, 1.165) is 12.1 Å². The van der Waals surface area contributed by atoms with E-state index < -0.39 is 17.6 Å². The van der Waals surface area contributed by atoms with Crippen LogP contribution in [0, 0.1) is 11.6 Å². The molecule has 0 saturated carbocycles. The minimum Gasteiger partial charge on any atom is -0.481 e. The molecule has 0 bridgehead atoms. The summed E-state index contributed by atoms with van der Waals surface area (Å²) >= 11 is 0. The Bertz CT molecular complexity index is 566. The topological polar surface area (TPSA) is 66.0 Å². The number of nitrogens with zero attached hydrogens (tertiary/aromatic N) is 1. The molecule has 88 valence electrons. The molecule has 1 aromatic carbocycles. The molecule has 0 radical (unpaired) electrons. The third-order valence-electron chi connectivity index (χ3n) is 2.19. The highest BCUT2D eigenvalue weighted by atomic mass is 19.2. The van der Waals surface area contributed by atoms with Crippen LogP contribution < -0.4 is 0 Å². The number of carboxylic acid groups (broad SMARTS) is 1. The number of benzene rings is 1. The van der Waals surface area contributed by atoms with E-state index in [1.165, 1.54) is 12.1 Å². The van der Waals surface area contributed by atoms with E-state index >= 15 is 0 Å². The number of halogens is 2. The quantitative estimate of drug-likeness (QED) is 0.859. The Morgan fingerprint density at radius 2 is 2.06 bits per heavy atom. The van der Waals surface area contributed by atoms with E-state index in [4.69, 9.17) is 5.11 Å². The van der Waals surface area contributed by atoms with Crippen molar-refractivity contribution in [3.63, 3.8) is 0 Å². The van der Waals surface area contributed by atoms with Crippen LogP contribution in [-0.4, -0.2) is 21.3 Å². The predicted octanol–water partition coefficient (Wildman–Crippen LogP) is 1.98. The summed E-state index contributed by atoms with van der Waals surface area (Å²) in [5.41, 5.74) is 1.16. The average Bonchev–Trinajstić information content (AvgIpc) is 2.69. The largest absolute Gasteiger partial charge is 0.481 e. The summed E-state index contributed by atoms with van der Waals surface area (Å²) in [6, 6.07) is 4.87. The molecule has 1 heterocycles. The van der Waals surface area contributed by atoms with Gasteiger partial charge >= 0.3 is 5.97 Å². The fourth-order valence-corrected chi connectivity index (χ4v) is 1.42. The van der Waals surface area contributed by atoms with Crippen LogP contribution >= 0.6 is 0 Å². The zero-order valence-electron chi connectivity index (χ0n) is 8.58. The van der Waals surface area contributed by atoms with Crippen molar-refractivity contribution in [2.45, 2.75) is 6.42 Å². The number of aromatic amines is 1. The Morgan fingerprint density at radius 3 is 2.71 bits per heavy atom. The zero-order chi connectivity index (χ0) is 12.4. The highest BCUT2D eigenvalue weighted by Crippen LogP contribution is 2.20. The third kappa shape index (κ3) is 2.47. The lowest BCUT2D eigenvalue weighted by atomic mass is 10.1. The molecule has 0 spiro atoms. The van der Waals surface area contributed by atoms with Crippen molar-refractivity contribution in [1.82, 2.24) is 10.2 Å². The molecule has 2 aromatic rings. The Balaban J connectivity index is 2.30. The van der Waals surface area contributed by atoms with Gasteiger partial charge in [0.15, 0.2) is 11.6 Å². The molecular weight excluding hydrogens is 230 g/mol. The highest BCUT2D eigenvalue weighted by molar-refractivity contribution is 5.70. The van der Waals surface area contributed by atoms with Crippen LogP contribution in [0.15, 0.2) is 24.3 Å². The Morgan fingerprint density at radius 1 is 1.29 bits per heavy atom. The fraction of sp³-hybridized carbons (Fsp3) is 0.0909. The van der Waals surface area contributed by atoms with E-state index in [0.29, 0.717) is 17.0 Å². The van der Waals surface area contributed by atoms with E-state index in [1.807, 2.05) is 0 Å². The molecule has 1 aromatic heterocycles. The van der Waals surface area contributed by atoms with Gasteiger partial charge in [-0.25, -0.2) is 8.78 Å². The summed E-state index contributed by atoms with van der Waals surface area (Å²) in [7, 11) is 0. The number of rotatable bonds is 3. The minimum absolute atomic E-state index is 0.198. The summed E-state index contributed by atoms with van der Waals surface area (Å²) < 4.78 is 25.7. The number of H-pyrrole nitrogens is 1. The second-order valence-corrected chi connectivity index (χ2v) is 3.48. The van der Waals surface area contributed by atoms with E-state index in [-0.39, 0.29) is 6.42 Å². The summed E-state index contributed by atoms with van der Waals surface area (Å²) in [4.78, 5) is 10.5. The lowest BCUT2D eigenvalue weighted by molar-refractivity contribution is -0.136. The molecule has 0 unspecified atom stereocenters. The molecule has 4 nitrogen and oxygen atoms in total. The van der Waals surface area contributed by atoms with Gasteiger partial charge in [-0.3, -0.25) is 9.89 Å². The van der Waals surface area contributed by atoms with Crippen molar-refractivity contribution in [2.75, 3.05) is 0 Å². The van der Waals surface area contributed by atoms with E-state index in [2.05, 4.69) is 10.2 Å². The van der Waals surface area contributed by atoms with Gasteiger partial charge in [-0.2, -0.15) is 5.10 Å². The normalized spacial score (nSPS) is 10.5. The number of aromatic nitrogens is 2. The van der Waals surface area contributed by atoms with Crippen LogP contribution in [0.2, 0.25) is 0 Å². The van der Waals surface area contributed by atoms with Crippen LogP contribution in [0.5, 0.6) is 0 Å². The van der Waals surface area contributed by atoms with Crippen molar-refractivity contribution in [2.24, 2.45) is 0 Å². The van der Waals surface area contributed by atoms with Gasteiger partial charge in [0.1, 0.15) is 0 Å². The third-order valence-corrected chi connectivity index (χ3v) is 2.19. The molecular formula is C11H8F2N2O2. The first-order valence-electron chi connectivity index (χ1n) is 4.78. The highest BCUT2D eigenvalue weighted by Gasteiger charge is 2.09. The van der Waals surface area contributed by atoms with Crippen molar-refractivity contribution < 1.29 is 18.7 Å². The van der Waals surface area contributed by atoms with Gasteiger partial charge in [0.25, 0.3) is 0 Å². The Hall–Kier alpha value is -2.24. The van der Waals surface area contributed by atoms with Gasteiger partial charge in [0, 0.05) is 11.3 Å². The number of hydrogen-bond acceptors (Lipinski definition) is 2. The summed E-state index contributed by atoms with van der Waals surface area (Å²) in [5.74, 6) is -2.90. The van der Waals surface area contributed by atoms with Gasteiger partial charge in [-0.15, -0.1) is 0 Å². The molecule has 0 aliphatic rings. The number of hydrogen-bond donors (Lipinski definition) is 2. The first-order chi connectivity index (χ1) is 8.06. The second kappa shape index (κ2) is 4.32. The molecule has 0 amide bonds. The van der Waals surface area contributed by atoms with E-state index in [1.54, 1.807) is 0 Å². The minimum atomic E-state index is -0.995. The smallest absolute Gasteiger partial charge is 0.309 e. The van der Waals surface area contributed by atoms with Crippen LogP contribution in [0.25, 0.3) is 11.3 Å². The van der Waals surface area contributed by atoms with Gasteiger partial charge in [0.2, 0.25) is 0 Å². The average molecular weight is 238 g/mol. The molecule has 0 atom stereocenters. The first-order valence-corrected chi connectivity index (χ1v) is 4.78. The van der Waals surface area contributed by atoms with Crippen LogP contribution in [0.1, 0.15) is 5.69 Å². The molecule has 0 aliphatic carbocycles. The molecule has 0 fully saturated rings. The molecule has 0 aliphatic heterocycles. The predicted molar refractivity (Wildman–Crippen MR) is 55.3 cm³/mol. The zero-order valence-corrected chi connectivity index (χ0v) is 8.58. The molecule has 0 saturated heterocycles. The lowest BCUT2D eigenvalue weighted by Gasteiger charge is -1.96. The molecule has 2 rings (SSSR count). The van der Waals surface area contributed by atoms with Crippen LogP contribution in [-0.2, 0) is 11.2 Å². The Kier molecular flexibility index (Phi) is 2.86. The van der Waals surface area contributed by atoms with Crippen LogP contribution in [0.4, 0.5) is 8.78 Å². The van der Waals surface area contributed by atoms with Crippen molar-refractivity contribution in [3.05, 3.63) is 41.6 Å². The fourth-order valence-electron chi connectivity index (χ4n) is 1.42. The van der Waals surface area contributed by atoms with Crippen molar-refractivity contribution in [3.8, 4) is 11.3 Å². The van der Waals surface area contributed by atoms with Gasteiger partial charge in [0.05, 0.1) is 12.1 Å². The van der Waals surface area contributed by atoms with Gasteiger partial charge < -0.3 is 5.11 Å². The first kappa shape index (κ1) is 11.3. The number of aliphatic carboxylic acids is 1. The number of carboxylic acids is 1. The summed E-state index contributed by atoms with van der Waals surface area (Å²) in [6.45, 7) is 0. The van der Waals surface area contributed by atoms with Gasteiger partial charge in [-0.05, 0) is 24.3 Å². The standard InChI is InChI=1S/C11H8F2N2O2/c12-8-2-1-6(3-9(8)13)10-4-7(14-15-10)5-11(16)17/h1-4H,5H2,(H,14,15)(H,16,17). The molecule has 2 N–H and O–H groups in total. The van der Waals surface area contributed by atoms with Crippen LogP contribution in [0.3, 0.4) is 0 Å². The number of carbonyl (C=O) groups is 1. The maximum Gasteiger partial charge on any atom is 0.309 e. The molecule has 17 heavy (non-hydrogen) atoms. The van der Waals surface area contributed by atoms with E-state index in [9.17, 15) is 13.6 Å². The summed E-state index contributed by atoms with van der Waals surface area (Å²) in [5, 5.41) is 14.9. The SMILES string of the molecule is O=C(O)Cc1cc(-c2ccc(F)c(F)c2)n[nH]1. The van der Waals surface area contributed by atoms with Crippen molar-refractivity contribution in [1.29, 1.82) is 0 Å². The Labute approximate surface area is 94.9 Å². The summed E-state index contributed by atoms with van der Waals surface area (Å²) in [6.07, 6.45) is -0.198. The van der Waals surface area contributed by atoms with Crippen molar-refractivity contribution >= 4 is 5.97 Å². The maximum atomic E-state index is 13.0. The monoisotopic (exact) mass is 238 g/mol. The lowest BCUT2D eigenvalue weighted by Crippen LogP contribution is -1.99. The second-order valence-electron chi connectivity index (χ2n) is 3.48. The number of nitrogens with one attached hydrogen (secondary N) is 1.